The molecule has 1 aliphatic heterocycles. The zero-order chi connectivity index (χ0) is 18.2. The number of benzene rings is 2. The van der Waals surface area contributed by atoms with E-state index in [4.69, 9.17) is 0 Å². The highest BCUT2D eigenvalue weighted by Gasteiger charge is 2.28. The molecule has 1 saturated heterocycles. The van der Waals surface area contributed by atoms with Crippen LogP contribution in [-0.4, -0.2) is 38.9 Å². The van der Waals surface area contributed by atoms with Crippen LogP contribution >= 0.6 is 0 Å². The minimum Gasteiger partial charge on any atom is -0.313 e. The lowest BCUT2D eigenvalue weighted by Gasteiger charge is -2.31. The number of nitrogens with zero attached hydrogens (tertiary/aromatic N) is 1. The van der Waals surface area contributed by atoms with Gasteiger partial charge in [0, 0.05) is 19.6 Å². The number of sulfonamides is 1. The molecule has 0 bridgehead atoms. The van der Waals surface area contributed by atoms with Gasteiger partial charge in [-0.1, -0.05) is 60.7 Å². The molecule has 5 heteroatoms. The zero-order valence-electron chi connectivity index (χ0n) is 14.9. The van der Waals surface area contributed by atoms with Crippen molar-refractivity contribution in [1.82, 2.24) is 9.62 Å². The normalized spacial score (nSPS) is 16.9. The Morgan fingerprint density at radius 3 is 2.23 bits per heavy atom. The van der Waals surface area contributed by atoms with Crippen LogP contribution < -0.4 is 5.32 Å². The lowest BCUT2D eigenvalue weighted by molar-refractivity contribution is 0.269. The van der Waals surface area contributed by atoms with Gasteiger partial charge >= 0.3 is 0 Å². The Morgan fingerprint density at radius 2 is 1.58 bits per heavy atom. The molecule has 0 aromatic heterocycles. The molecule has 2 aromatic carbocycles. The standard InChI is InChI=1S/C21H26N2O2S/c24-26(25,21-11-5-2-6-12-21)23-16-13-20(14-17-23)18-22-15-7-10-19-8-3-1-4-9-19/h1-12,20,22H,13-18H2/b10-7+. The third-order valence-electron chi connectivity index (χ3n) is 4.76. The Bertz CT molecular complexity index is 796. The van der Waals surface area contributed by atoms with Gasteiger partial charge in [-0.05, 0) is 43.0 Å². The topological polar surface area (TPSA) is 49.4 Å². The molecule has 0 radical (unpaired) electrons. The van der Waals surface area contributed by atoms with Crippen molar-refractivity contribution < 1.29 is 8.42 Å². The average molecular weight is 371 g/mol. The molecule has 1 fully saturated rings. The Morgan fingerprint density at radius 1 is 0.962 bits per heavy atom. The van der Waals surface area contributed by atoms with Gasteiger partial charge in [0.1, 0.15) is 0 Å². The summed E-state index contributed by atoms with van der Waals surface area (Å²) in [6.45, 7) is 2.96. The Balaban J connectivity index is 1.41. The van der Waals surface area contributed by atoms with E-state index >= 15 is 0 Å². The summed E-state index contributed by atoms with van der Waals surface area (Å²) in [4.78, 5) is 0.391. The number of piperidine rings is 1. The van der Waals surface area contributed by atoms with Crippen LogP contribution in [0.25, 0.3) is 6.08 Å². The van der Waals surface area contributed by atoms with Crippen molar-refractivity contribution in [2.45, 2.75) is 17.7 Å². The molecule has 0 atom stereocenters. The molecule has 0 unspecified atom stereocenters. The van der Waals surface area contributed by atoms with Crippen LogP contribution in [0, 0.1) is 5.92 Å². The van der Waals surface area contributed by atoms with Crippen LogP contribution in [0.5, 0.6) is 0 Å². The first-order chi connectivity index (χ1) is 12.7. The second kappa shape index (κ2) is 9.12. The number of hydrogen-bond acceptors (Lipinski definition) is 3. The Kier molecular flexibility index (Phi) is 6.61. The summed E-state index contributed by atoms with van der Waals surface area (Å²) in [5.74, 6) is 0.530. The van der Waals surface area contributed by atoms with Crippen LogP contribution in [-0.2, 0) is 10.0 Å². The van der Waals surface area contributed by atoms with Crippen LogP contribution in [0.3, 0.4) is 0 Å². The largest absolute Gasteiger partial charge is 0.313 e. The second-order valence-corrected chi connectivity index (χ2v) is 8.57. The molecule has 0 spiro atoms. The Labute approximate surface area is 156 Å². The van der Waals surface area contributed by atoms with Gasteiger partial charge in [0.25, 0.3) is 0 Å². The summed E-state index contributed by atoms with van der Waals surface area (Å²) < 4.78 is 26.9. The number of nitrogens with one attached hydrogen (secondary N) is 1. The highest BCUT2D eigenvalue weighted by Crippen LogP contribution is 2.23. The molecule has 1 N–H and O–H groups in total. The van der Waals surface area contributed by atoms with Crippen molar-refractivity contribution >= 4 is 16.1 Å². The minimum absolute atomic E-state index is 0.391. The fourth-order valence-electron chi connectivity index (χ4n) is 3.23. The van der Waals surface area contributed by atoms with Gasteiger partial charge in [0.2, 0.25) is 10.0 Å². The van der Waals surface area contributed by atoms with Crippen molar-refractivity contribution in [3.63, 3.8) is 0 Å². The highest BCUT2D eigenvalue weighted by molar-refractivity contribution is 7.89. The molecular weight excluding hydrogens is 344 g/mol. The lowest BCUT2D eigenvalue weighted by Crippen LogP contribution is -2.40. The van der Waals surface area contributed by atoms with E-state index in [1.54, 1.807) is 28.6 Å². The van der Waals surface area contributed by atoms with Crippen molar-refractivity contribution in [2.24, 2.45) is 5.92 Å². The van der Waals surface area contributed by atoms with Crippen molar-refractivity contribution in [3.8, 4) is 0 Å². The van der Waals surface area contributed by atoms with Crippen molar-refractivity contribution in [1.29, 1.82) is 0 Å². The van der Waals surface area contributed by atoms with Crippen LogP contribution in [0.1, 0.15) is 18.4 Å². The monoisotopic (exact) mass is 370 g/mol. The maximum atomic E-state index is 12.6. The minimum atomic E-state index is -3.34. The third kappa shape index (κ3) is 5.04. The van der Waals surface area contributed by atoms with E-state index < -0.39 is 10.0 Å². The molecule has 26 heavy (non-hydrogen) atoms. The predicted molar refractivity (Wildman–Crippen MR) is 106 cm³/mol. The van der Waals surface area contributed by atoms with Gasteiger partial charge in [-0.25, -0.2) is 8.42 Å². The van der Waals surface area contributed by atoms with E-state index in [2.05, 4.69) is 29.6 Å². The van der Waals surface area contributed by atoms with E-state index in [1.807, 2.05) is 24.3 Å². The van der Waals surface area contributed by atoms with E-state index in [1.165, 1.54) is 5.56 Å². The molecule has 138 valence electrons. The highest BCUT2D eigenvalue weighted by atomic mass is 32.2. The molecular formula is C21H26N2O2S. The number of rotatable bonds is 7. The molecule has 1 aliphatic rings. The molecule has 2 aromatic rings. The van der Waals surface area contributed by atoms with Crippen LogP contribution in [0.4, 0.5) is 0 Å². The fraction of sp³-hybridized carbons (Fsp3) is 0.333. The third-order valence-corrected chi connectivity index (χ3v) is 6.67. The van der Waals surface area contributed by atoms with E-state index in [9.17, 15) is 8.42 Å². The lowest BCUT2D eigenvalue weighted by atomic mass is 9.98. The molecule has 0 aliphatic carbocycles. The van der Waals surface area contributed by atoms with Gasteiger partial charge < -0.3 is 5.32 Å². The molecule has 3 rings (SSSR count). The first kappa shape index (κ1) is 18.8. The summed E-state index contributed by atoms with van der Waals surface area (Å²) in [5, 5.41) is 3.46. The molecule has 0 amide bonds. The first-order valence-corrected chi connectivity index (χ1v) is 10.6. The van der Waals surface area contributed by atoms with E-state index in [-0.39, 0.29) is 0 Å². The quantitative estimate of drug-likeness (QED) is 0.760. The Hall–Kier alpha value is -1.95. The smallest absolute Gasteiger partial charge is 0.243 e. The predicted octanol–water partition coefficient (Wildman–Crippen LogP) is 3.39. The van der Waals surface area contributed by atoms with Gasteiger partial charge in [0.05, 0.1) is 4.90 Å². The SMILES string of the molecule is O=S(=O)(c1ccccc1)N1CCC(CNC/C=C/c2ccccc2)CC1. The second-order valence-electron chi connectivity index (χ2n) is 6.63. The maximum Gasteiger partial charge on any atom is 0.243 e. The first-order valence-electron chi connectivity index (χ1n) is 9.14. The van der Waals surface area contributed by atoms with Gasteiger partial charge in [-0.3, -0.25) is 0 Å². The summed E-state index contributed by atoms with van der Waals surface area (Å²) in [7, 11) is -3.34. The van der Waals surface area contributed by atoms with Crippen molar-refractivity contribution in [2.75, 3.05) is 26.2 Å². The van der Waals surface area contributed by atoms with E-state index in [0.717, 1.165) is 25.9 Å². The average Bonchev–Trinajstić information content (AvgIpc) is 2.69. The van der Waals surface area contributed by atoms with Gasteiger partial charge in [-0.15, -0.1) is 0 Å². The zero-order valence-corrected chi connectivity index (χ0v) is 15.7. The number of hydrogen-bond donors (Lipinski definition) is 1. The maximum absolute atomic E-state index is 12.6. The van der Waals surface area contributed by atoms with Gasteiger partial charge in [0.15, 0.2) is 0 Å². The summed E-state index contributed by atoms with van der Waals surface area (Å²) in [6.07, 6.45) is 6.05. The van der Waals surface area contributed by atoms with Crippen LogP contribution in [0.15, 0.2) is 71.6 Å². The van der Waals surface area contributed by atoms with Gasteiger partial charge in [-0.2, -0.15) is 4.31 Å². The molecule has 4 nitrogen and oxygen atoms in total. The molecule has 1 heterocycles. The van der Waals surface area contributed by atoms with E-state index in [0.29, 0.717) is 23.9 Å². The summed E-state index contributed by atoms with van der Waals surface area (Å²) in [6, 6.07) is 19.0. The van der Waals surface area contributed by atoms with Crippen molar-refractivity contribution in [3.05, 3.63) is 72.3 Å². The summed E-state index contributed by atoms with van der Waals surface area (Å²) >= 11 is 0. The fourth-order valence-corrected chi connectivity index (χ4v) is 4.72. The summed E-state index contributed by atoms with van der Waals surface area (Å²) in [5.41, 5.74) is 1.20. The molecule has 0 saturated carbocycles. The van der Waals surface area contributed by atoms with Crippen LogP contribution in [0.2, 0.25) is 0 Å².